The Bertz CT molecular complexity index is 187. The first-order chi connectivity index (χ1) is 4.74. The van der Waals surface area contributed by atoms with Crippen molar-refractivity contribution in [3.63, 3.8) is 0 Å². The summed E-state index contributed by atoms with van der Waals surface area (Å²) < 4.78 is 0. The second-order valence-electron chi connectivity index (χ2n) is 2.86. The van der Waals surface area contributed by atoms with E-state index in [2.05, 4.69) is 29.2 Å². The van der Waals surface area contributed by atoms with Crippen LogP contribution in [0.4, 0.5) is 0 Å². The summed E-state index contributed by atoms with van der Waals surface area (Å²) in [5, 5.41) is 1.48. The standard InChI is InChI=1S/C9H15P/c1-3-8-4-5-9(10)7(2)6-8/h6H,3-5,10H2,1-2H3. The first-order valence-corrected chi connectivity index (χ1v) is 4.46. The number of hydrogen-bond acceptors (Lipinski definition) is 0. The molecule has 0 heterocycles. The molecule has 1 aliphatic carbocycles. The summed E-state index contributed by atoms with van der Waals surface area (Å²) >= 11 is 0. The first-order valence-electron chi connectivity index (χ1n) is 3.88. The van der Waals surface area contributed by atoms with Crippen molar-refractivity contribution >= 4 is 9.24 Å². The lowest BCUT2D eigenvalue weighted by Crippen LogP contribution is -1.91. The summed E-state index contributed by atoms with van der Waals surface area (Å²) in [5.41, 5.74) is 3.05. The van der Waals surface area contributed by atoms with Gasteiger partial charge in [-0.25, -0.2) is 0 Å². The minimum Gasteiger partial charge on any atom is -0.110 e. The molecule has 0 fully saturated rings. The minimum atomic E-state index is 1.22. The highest BCUT2D eigenvalue weighted by atomic mass is 31.0. The van der Waals surface area contributed by atoms with E-state index in [1.54, 1.807) is 5.57 Å². The van der Waals surface area contributed by atoms with Gasteiger partial charge in [-0.1, -0.05) is 18.6 Å². The highest BCUT2D eigenvalue weighted by Crippen LogP contribution is 2.28. The van der Waals surface area contributed by atoms with Gasteiger partial charge in [0.15, 0.2) is 0 Å². The van der Waals surface area contributed by atoms with Gasteiger partial charge >= 0.3 is 0 Å². The third-order valence-electron chi connectivity index (χ3n) is 2.10. The Balaban J connectivity index is 2.76. The van der Waals surface area contributed by atoms with Crippen LogP contribution >= 0.6 is 9.24 Å². The second-order valence-corrected chi connectivity index (χ2v) is 3.56. The molecule has 1 aliphatic rings. The Hall–Kier alpha value is -0.0900. The van der Waals surface area contributed by atoms with E-state index in [0.29, 0.717) is 0 Å². The summed E-state index contributed by atoms with van der Waals surface area (Å²) in [4.78, 5) is 0. The highest BCUT2D eigenvalue weighted by molar-refractivity contribution is 7.22. The van der Waals surface area contributed by atoms with E-state index in [-0.39, 0.29) is 0 Å². The van der Waals surface area contributed by atoms with Crippen LogP contribution in [-0.2, 0) is 0 Å². The van der Waals surface area contributed by atoms with Crippen molar-refractivity contribution in [3.8, 4) is 0 Å². The maximum atomic E-state index is 2.82. The summed E-state index contributed by atoms with van der Waals surface area (Å²) in [5.74, 6) is 0. The van der Waals surface area contributed by atoms with E-state index < -0.39 is 0 Å². The monoisotopic (exact) mass is 154 g/mol. The molecule has 0 nitrogen and oxygen atoms in total. The normalized spacial score (nSPS) is 19.3. The van der Waals surface area contributed by atoms with Gasteiger partial charge in [0.1, 0.15) is 0 Å². The van der Waals surface area contributed by atoms with Crippen LogP contribution < -0.4 is 0 Å². The topological polar surface area (TPSA) is 0 Å². The molecular weight excluding hydrogens is 139 g/mol. The minimum absolute atomic E-state index is 1.22. The Kier molecular flexibility index (Phi) is 2.68. The summed E-state index contributed by atoms with van der Waals surface area (Å²) in [6.45, 7) is 4.42. The molecule has 0 bridgehead atoms. The molecule has 0 aromatic heterocycles. The number of hydrogen-bond donors (Lipinski definition) is 0. The van der Waals surface area contributed by atoms with Crippen molar-refractivity contribution < 1.29 is 0 Å². The maximum absolute atomic E-state index is 2.82. The van der Waals surface area contributed by atoms with Gasteiger partial charge in [-0.3, -0.25) is 0 Å². The average molecular weight is 154 g/mol. The third kappa shape index (κ3) is 1.70. The van der Waals surface area contributed by atoms with Crippen molar-refractivity contribution in [1.29, 1.82) is 0 Å². The summed E-state index contributed by atoms with van der Waals surface area (Å²) in [6.07, 6.45) is 6.06. The quantitative estimate of drug-likeness (QED) is 0.508. The molecule has 0 aliphatic heterocycles. The van der Waals surface area contributed by atoms with Gasteiger partial charge in [0.25, 0.3) is 0 Å². The zero-order valence-electron chi connectivity index (χ0n) is 6.78. The molecule has 10 heavy (non-hydrogen) atoms. The van der Waals surface area contributed by atoms with Gasteiger partial charge < -0.3 is 0 Å². The molecule has 1 heteroatoms. The van der Waals surface area contributed by atoms with Gasteiger partial charge in [0.05, 0.1) is 0 Å². The maximum Gasteiger partial charge on any atom is -0.0240 e. The van der Waals surface area contributed by atoms with Crippen molar-refractivity contribution in [2.75, 3.05) is 0 Å². The van der Waals surface area contributed by atoms with Crippen LogP contribution in [-0.4, -0.2) is 0 Å². The van der Waals surface area contributed by atoms with Gasteiger partial charge in [0.2, 0.25) is 0 Å². The van der Waals surface area contributed by atoms with Crippen LogP contribution in [0.2, 0.25) is 0 Å². The van der Waals surface area contributed by atoms with Crippen molar-refractivity contribution in [3.05, 3.63) is 22.5 Å². The Morgan fingerprint density at radius 3 is 2.70 bits per heavy atom. The average Bonchev–Trinajstić information content (AvgIpc) is 1.95. The molecule has 0 N–H and O–H groups in total. The molecule has 0 aromatic carbocycles. The lowest BCUT2D eigenvalue weighted by Gasteiger charge is -2.13. The van der Waals surface area contributed by atoms with Gasteiger partial charge in [-0.15, -0.1) is 9.24 Å². The van der Waals surface area contributed by atoms with E-state index in [0.717, 1.165) is 0 Å². The fourth-order valence-electron chi connectivity index (χ4n) is 1.24. The Labute approximate surface area is 65.6 Å². The van der Waals surface area contributed by atoms with Crippen LogP contribution in [0.3, 0.4) is 0 Å². The fraction of sp³-hybridized carbons (Fsp3) is 0.556. The third-order valence-corrected chi connectivity index (χ3v) is 2.84. The predicted molar refractivity (Wildman–Crippen MR) is 50.0 cm³/mol. The SMILES string of the molecule is CCC1=CC(C)=C(P)CC1. The largest absolute Gasteiger partial charge is 0.110 e. The lowest BCUT2D eigenvalue weighted by molar-refractivity contribution is 0.875. The summed E-state index contributed by atoms with van der Waals surface area (Å²) in [6, 6.07) is 0. The van der Waals surface area contributed by atoms with E-state index in [4.69, 9.17) is 0 Å². The smallest absolute Gasteiger partial charge is 0.0240 e. The molecule has 0 saturated carbocycles. The Morgan fingerprint density at radius 2 is 2.20 bits per heavy atom. The van der Waals surface area contributed by atoms with Crippen LogP contribution in [0.15, 0.2) is 22.5 Å². The molecule has 1 atom stereocenters. The summed E-state index contributed by atoms with van der Waals surface area (Å²) in [7, 11) is 2.82. The number of rotatable bonds is 1. The molecule has 1 rings (SSSR count). The van der Waals surface area contributed by atoms with E-state index >= 15 is 0 Å². The van der Waals surface area contributed by atoms with Crippen LogP contribution in [0.5, 0.6) is 0 Å². The molecule has 56 valence electrons. The van der Waals surface area contributed by atoms with Crippen molar-refractivity contribution in [1.82, 2.24) is 0 Å². The molecule has 0 spiro atoms. The predicted octanol–water partition coefficient (Wildman–Crippen LogP) is 3.27. The van der Waals surface area contributed by atoms with E-state index in [1.165, 1.54) is 30.1 Å². The van der Waals surface area contributed by atoms with Gasteiger partial charge in [0, 0.05) is 0 Å². The second kappa shape index (κ2) is 3.34. The van der Waals surface area contributed by atoms with Crippen LogP contribution in [0, 0.1) is 0 Å². The van der Waals surface area contributed by atoms with Crippen LogP contribution in [0.1, 0.15) is 33.1 Å². The lowest BCUT2D eigenvalue weighted by atomic mass is 9.98. The van der Waals surface area contributed by atoms with E-state index in [9.17, 15) is 0 Å². The molecule has 0 saturated heterocycles. The zero-order valence-corrected chi connectivity index (χ0v) is 7.93. The molecule has 1 unspecified atom stereocenters. The molecule has 0 aromatic rings. The molecule has 0 amide bonds. The fourth-order valence-corrected chi connectivity index (χ4v) is 1.47. The first kappa shape index (κ1) is 8.01. The van der Waals surface area contributed by atoms with E-state index in [1.807, 2.05) is 0 Å². The van der Waals surface area contributed by atoms with Crippen molar-refractivity contribution in [2.45, 2.75) is 33.1 Å². The van der Waals surface area contributed by atoms with Gasteiger partial charge in [-0.2, -0.15) is 0 Å². The van der Waals surface area contributed by atoms with Crippen molar-refractivity contribution in [2.24, 2.45) is 0 Å². The number of allylic oxidation sites excluding steroid dienone is 4. The Morgan fingerprint density at radius 1 is 1.50 bits per heavy atom. The highest BCUT2D eigenvalue weighted by Gasteiger charge is 2.04. The molecular formula is C9H15P. The van der Waals surface area contributed by atoms with Crippen LogP contribution in [0.25, 0.3) is 0 Å². The van der Waals surface area contributed by atoms with Gasteiger partial charge in [-0.05, 0) is 37.1 Å². The molecule has 0 radical (unpaired) electrons. The zero-order chi connectivity index (χ0) is 7.56.